The van der Waals surface area contributed by atoms with E-state index < -0.39 is 5.54 Å². The maximum atomic E-state index is 14.3. The summed E-state index contributed by atoms with van der Waals surface area (Å²) in [7, 11) is 0. The van der Waals surface area contributed by atoms with E-state index in [-0.39, 0.29) is 25.0 Å². The van der Waals surface area contributed by atoms with E-state index in [1.165, 1.54) is 6.07 Å². The number of rotatable bonds is 6. The fourth-order valence-electron chi connectivity index (χ4n) is 2.97. The van der Waals surface area contributed by atoms with Crippen LogP contribution in [0.4, 0.5) is 9.18 Å². The van der Waals surface area contributed by atoms with Gasteiger partial charge in [0.2, 0.25) is 0 Å². The SMILES string of the molecule is Cc1nccn1-c1ccc(CNC(=O)NC(C)(CO)C2CC2)cc1F. The van der Waals surface area contributed by atoms with Gasteiger partial charge in [-0.15, -0.1) is 0 Å². The minimum atomic E-state index is -0.599. The molecule has 1 saturated carbocycles. The summed E-state index contributed by atoms with van der Waals surface area (Å²) >= 11 is 0. The minimum absolute atomic E-state index is 0.0985. The van der Waals surface area contributed by atoms with Gasteiger partial charge >= 0.3 is 6.03 Å². The Kier molecular flexibility index (Phi) is 4.76. The van der Waals surface area contributed by atoms with Crippen molar-refractivity contribution >= 4 is 6.03 Å². The molecule has 1 atom stereocenters. The van der Waals surface area contributed by atoms with Crippen LogP contribution in [0.1, 0.15) is 31.2 Å². The van der Waals surface area contributed by atoms with Crippen molar-refractivity contribution in [1.82, 2.24) is 20.2 Å². The predicted octanol–water partition coefficient (Wildman–Crippen LogP) is 2.28. The van der Waals surface area contributed by atoms with Gasteiger partial charge in [-0.3, -0.25) is 0 Å². The number of carbonyl (C=O) groups is 1. The number of aryl methyl sites for hydroxylation is 1. The number of hydrogen-bond donors (Lipinski definition) is 3. The zero-order chi connectivity index (χ0) is 18.0. The Hall–Kier alpha value is -2.41. The molecule has 3 rings (SSSR count). The van der Waals surface area contributed by atoms with Crippen molar-refractivity contribution < 1.29 is 14.3 Å². The molecular formula is C18H23FN4O2. The van der Waals surface area contributed by atoms with Gasteiger partial charge in [-0.2, -0.15) is 0 Å². The Morgan fingerprint density at radius 1 is 1.48 bits per heavy atom. The van der Waals surface area contributed by atoms with E-state index in [2.05, 4.69) is 15.6 Å². The fourth-order valence-corrected chi connectivity index (χ4v) is 2.97. The topological polar surface area (TPSA) is 79.2 Å². The summed E-state index contributed by atoms with van der Waals surface area (Å²) in [5, 5.41) is 15.1. The van der Waals surface area contributed by atoms with E-state index in [0.717, 1.165) is 12.8 Å². The average molecular weight is 346 g/mol. The molecule has 7 heteroatoms. The molecule has 1 unspecified atom stereocenters. The highest BCUT2D eigenvalue weighted by molar-refractivity contribution is 5.74. The highest BCUT2D eigenvalue weighted by atomic mass is 19.1. The number of amides is 2. The minimum Gasteiger partial charge on any atom is -0.394 e. The Labute approximate surface area is 146 Å². The molecule has 0 aliphatic heterocycles. The Morgan fingerprint density at radius 3 is 2.80 bits per heavy atom. The van der Waals surface area contributed by atoms with Crippen molar-refractivity contribution in [3.05, 3.63) is 47.8 Å². The lowest BCUT2D eigenvalue weighted by molar-refractivity contribution is 0.155. The third-order valence-electron chi connectivity index (χ3n) is 4.76. The smallest absolute Gasteiger partial charge is 0.315 e. The van der Waals surface area contributed by atoms with Crippen molar-refractivity contribution in [3.8, 4) is 5.69 Å². The number of aliphatic hydroxyl groups is 1. The number of carbonyl (C=O) groups excluding carboxylic acids is 1. The summed E-state index contributed by atoms with van der Waals surface area (Å²) < 4.78 is 16.0. The van der Waals surface area contributed by atoms with Gasteiger partial charge in [0.25, 0.3) is 0 Å². The van der Waals surface area contributed by atoms with E-state index in [0.29, 0.717) is 23.0 Å². The second-order valence-electron chi connectivity index (χ2n) is 6.79. The van der Waals surface area contributed by atoms with Gasteiger partial charge in [-0.05, 0) is 50.3 Å². The van der Waals surface area contributed by atoms with E-state index in [1.807, 2.05) is 6.92 Å². The van der Waals surface area contributed by atoms with Crippen molar-refractivity contribution in [2.24, 2.45) is 5.92 Å². The molecule has 1 heterocycles. The fraction of sp³-hybridized carbons (Fsp3) is 0.444. The van der Waals surface area contributed by atoms with Crippen molar-refractivity contribution in [2.45, 2.75) is 38.8 Å². The zero-order valence-electron chi connectivity index (χ0n) is 14.4. The second kappa shape index (κ2) is 6.84. The number of imidazole rings is 1. The molecule has 2 amide bonds. The number of aliphatic hydroxyl groups excluding tert-OH is 1. The van der Waals surface area contributed by atoms with Gasteiger partial charge in [0.15, 0.2) is 0 Å². The highest BCUT2D eigenvalue weighted by Gasteiger charge is 2.42. The molecule has 3 N–H and O–H groups in total. The molecular weight excluding hydrogens is 323 g/mol. The molecule has 1 aromatic carbocycles. The van der Waals surface area contributed by atoms with Crippen LogP contribution in [0.3, 0.4) is 0 Å². The summed E-state index contributed by atoms with van der Waals surface area (Å²) in [5.41, 5.74) is 0.481. The Morgan fingerprint density at radius 2 is 2.24 bits per heavy atom. The van der Waals surface area contributed by atoms with Crippen LogP contribution < -0.4 is 10.6 Å². The number of urea groups is 1. The average Bonchev–Trinajstić information content (AvgIpc) is 3.36. The van der Waals surface area contributed by atoms with Crippen LogP contribution in [-0.4, -0.2) is 32.8 Å². The predicted molar refractivity (Wildman–Crippen MR) is 91.8 cm³/mol. The molecule has 0 spiro atoms. The van der Waals surface area contributed by atoms with E-state index >= 15 is 0 Å². The zero-order valence-corrected chi connectivity index (χ0v) is 14.4. The number of halogens is 1. The molecule has 1 aliphatic carbocycles. The lowest BCUT2D eigenvalue weighted by atomic mass is 9.97. The van der Waals surface area contributed by atoms with Gasteiger partial charge in [-0.1, -0.05) is 6.07 Å². The molecule has 1 aliphatic rings. The summed E-state index contributed by atoms with van der Waals surface area (Å²) in [5.74, 6) is 0.643. The van der Waals surface area contributed by atoms with Gasteiger partial charge in [0, 0.05) is 18.9 Å². The summed E-state index contributed by atoms with van der Waals surface area (Å²) in [4.78, 5) is 16.2. The van der Waals surface area contributed by atoms with Gasteiger partial charge in [0.1, 0.15) is 11.6 Å². The summed E-state index contributed by atoms with van der Waals surface area (Å²) in [6, 6.07) is 4.48. The second-order valence-corrected chi connectivity index (χ2v) is 6.79. The van der Waals surface area contributed by atoms with Crippen LogP contribution in [0, 0.1) is 18.7 Å². The molecule has 0 radical (unpaired) electrons. The van der Waals surface area contributed by atoms with Crippen LogP contribution in [0.15, 0.2) is 30.6 Å². The maximum absolute atomic E-state index is 14.3. The Bertz CT molecular complexity index is 772. The first-order valence-corrected chi connectivity index (χ1v) is 8.38. The number of nitrogens with one attached hydrogen (secondary N) is 2. The third kappa shape index (κ3) is 3.82. The van der Waals surface area contributed by atoms with Crippen LogP contribution in [-0.2, 0) is 6.54 Å². The first kappa shape index (κ1) is 17.4. The summed E-state index contributed by atoms with van der Waals surface area (Å²) in [6.07, 6.45) is 5.34. The maximum Gasteiger partial charge on any atom is 0.315 e. The third-order valence-corrected chi connectivity index (χ3v) is 4.76. The quantitative estimate of drug-likeness (QED) is 0.751. The molecule has 2 aromatic rings. The van der Waals surface area contributed by atoms with E-state index in [1.54, 1.807) is 36.0 Å². The summed E-state index contributed by atoms with van der Waals surface area (Å²) in [6.45, 7) is 3.75. The molecule has 25 heavy (non-hydrogen) atoms. The van der Waals surface area contributed by atoms with Gasteiger partial charge in [-0.25, -0.2) is 14.2 Å². The molecule has 0 bridgehead atoms. The molecule has 1 aromatic heterocycles. The molecule has 1 fully saturated rings. The monoisotopic (exact) mass is 346 g/mol. The van der Waals surface area contributed by atoms with Crippen molar-refractivity contribution in [1.29, 1.82) is 0 Å². The number of benzene rings is 1. The number of aromatic nitrogens is 2. The molecule has 134 valence electrons. The van der Waals surface area contributed by atoms with E-state index in [9.17, 15) is 14.3 Å². The van der Waals surface area contributed by atoms with Crippen LogP contribution in [0.2, 0.25) is 0 Å². The lowest BCUT2D eigenvalue weighted by Gasteiger charge is -2.28. The highest BCUT2D eigenvalue weighted by Crippen LogP contribution is 2.39. The number of hydrogen-bond acceptors (Lipinski definition) is 3. The first-order chi connectivity index (χ1) is 11.9. The van der Waals surface area contributed by atoms with Crippen LogP contribution in [0.25, 0.3) is 5.69 Å². The molecule has 6 nitrogen and oxygen atoms in total. The first-order valence-electron chi connectivity index (χ1n) is 8.38. The largest absolute Gasteiger partial charge is 0.394 e. The number of nitrogens with zero attached hydrogens (tertiary/aromatic N) is 2. The van der Waals surface area contributed by atoms with E-state index in [4.69, 9.17) is 0 Å². The molecule has 0 saturated heterocycles. The van der Waals surface area contributed by atoms with Crippen LogP contribution >= 0.6 is 0 Å². The van der Waals surface area contributed by atoms with Crippen molar-refractivity contribution in [3.63, 3.8) is 0 Å². The van der Waals surface area contributed by atoms with Crippen molar-refractivity contribution in [2.75, 3.05) is 6.61 Å². The van der Waals surface area contributed by atoms with Crippen LogP contribution in [0.5, 0.6) is 0 Å². The standard InChI is InChI=1S/C18H23FN4O2/c1-12-20-7-8-23(12)16-6-3-13(9-15(16)19)10-21-17(25)22-18(2,11-24)14-4-5-14/h3,6-9,14,24H,4-5,10-11H2,1-2H3,(H2,21,22,25). The lowest BCUT2D eigenvalue weighted by Crippen LogP contribution is -2.53. The normalized spacial score (nSPS) is 16.3. The Balaban J connectivity index is 1.61. The van der Waals surface area contributed by atoms with Gasteiger partial charge < -0.3 is 20.3 Å². The van der Waals surface area contributed by atoms with Gasteiger partial charge in [0.05, 0.1) is 17.8 Å².